The van der Waals surface area contributed by atoms with E-state index in [9.17, 15) is 0 Å². The van der Waals surface area contributed by atoms with Gasteiger partial charge in [-0.05, 0) is 48.1 Å². The number of nitrogens with zero attached hydrogens (tertiary/aromatic N) is 3. The first-order valence-corrected chi connectivity index (χ1v) is 10.1. The van der Waals surface area contributed by atoms with Crippen LogP contribution in [0.25, 0.3) is 0 Å². The normalized spacial score (nSPS) is 11.2. The lowest BCUT2D eigenvalue weighted by Gasteiger charge is -2.13. The first-order valence-electron chi connectivity index (χ1n) is 8.58. The minimum atomic E-state index is 0.145. The van der Waals surface area contributed by atoms with Crippen LogP contribution in [0.15, 0.2) is 35.4 Å². The van der Waals surface area contributed by atoms with Crippen LogP contribution >= 0.6 is 47.0 Å². The van der Waals surface area contributed by atoms with Gasteiger partial charge in [0, 0.05) is 17.0 Å². The van der Waals surface area contributed by atoms with E-state index in [1.54, 1.807) is 42.3 Å². The molecular formula is C19H17Cl3N4O2S. The summed E-state index contributed by atoms with van der Waals surface area (Å²) in [6, 6.07) is 8.74. The summed E-state index contributed by atoms with van der Waals surface area (Å²) in [5.74, 6) is 1.81. The van der Waals surface area contributed by atoms with E-state index in [0.29, 0.717) is 43.3 Å². The van der Waals surface area contributed by atoms with Crippen molar-refractivity contribution in [3.05, 3.63) is 67.1 Å². The summed E-state index contributed by atoms with van der Waals surface area (Å²) in [7, 11) is 1.56. The van der Waals surface area contributed by atoms with Gasteiger partial charge in [-0.15, -0.1) is 0 Å². The number of nitrogens with one attached hydrogen (secondary N) is 1. The maximum absolute atomic E-state index is 6.23. The van der Waals surface area contributed by atoms with E-state index in [0.717, 1.165) is 11.4 Å². The third-order valence-corrected chi connectivity index (χ3v) is 5.52. The topological polar surface area (TPSA) is 64.4 Å². The fraction of sp³-hybridized carbons (Fsp3) is 0.211. The quantitative estimate of drug-likeness (QED) is 0.263. The SMILES string of the molecule is CCc1n[nH]c(=S)n1/N=C/c1ccc(OCc2c(Cl)ccc(Cl)c2Cl)c(OC)c1. The molecule has 1 N–H and O–H groups in total. The van der Waals surface area contributed by atoms with Gasteiger partial charge in [-0.2, -0.15) is 14.9 Å². The van der Waals surface area contributed by atoms with Crippen molar-refractivity contribution in [2.24, 2.45) is 5.10 Å². The van der Waals surface area contributed by atoms with Gasteiger partial charge in [0.2, 0.25) is 4.77 Å². The number of halogens is 3. The molecule has 0 aliphatic carbocycles. The van der Waals surface area contributed by atoms with Gasteiger partial charge in [0.25, 0.3) is 0 Å². The van der Waals surface area contributed by atoms with Crippen molar-refractivity contribution in [2.45, 2.75) is 20.0 Å². The molecule has 10 heteroatoms. The van der Waals surface area contributed by atoms with Gasteiger partial charge in [0.15, 0.2) is 17.3 Å². The van der Waals surface area contributed by atoms with Crippen molar-refractivity contribution >= 4 is 53.2 Å². The van der Waals surface area contributed by atoms with Crippen LogP contribution in [-0.2, 0) is 13.0 Å². The van der Waals surface area contributed by atoms with Crippen molar-refractivity contribution in [1.82, 2.24) is 14.9 Å². The Morgan fingerprint density at radius 1 is 1.17 bits per heavy atom. The molecule has 29 heavy (non-hydrogen) atoms. The third kappa shape index (κ3) is 4.93. The molecular weight excluding hydrogens is 455 g/mol. The molecule has 0 fully saturated rings. The fourth-order valence-corrected chi connectivity index (χ4v) is 3.39. The Labute approximate surface area is 188 Å². The van der Waals surface area contributed by atoms with E-state index in [2.05, 4.69) is 15.3 Å². The van der Waals surface area contributed by atoms with E-state index < -0.39 is 0 Å². The average molecular weight is 472 g/mol. The lowest BCUT2D eigenvalue weighted by atomic mass is 10.2. The van der Waals surface area contributed by atoms with Crippen LogP contribution in [0.5, 0.6) is 11.5 Å². The third-order valence-electron chi connectivity index (χ3n) is 4.05. The standard InChI is InChI=1S/C19H17Cl3N4O2S/c1-3-17-24-25-19(29)26(17)23-9-11-4-7-15(16(8-11)27-2)28-10-12-13(20)5-6-14(21)18(12)22/h4-9H,3,10H2,1-2H3,(H,25,29)/b23-9+. The number of methoxy groups -OCH3 is 1. The van der Waals surface area contributed by atoms with Gasteiger partial charge in [-0.1, -0.05) is 41.7 Å². The molecule has 0 bridgehead atoms. The molecule has 3 aromatic rings. The number of aromatic nitrogens is 3. The average Bonchev–Trinajstić information content (AvgIpc) is 3.09. The molecule has 6 nitrogen and oxygen atoms in total. The number of aromatic amines is 1. The summed E-state index contributed by atoms with van der Waals surface area (Å²) in [5.41, 5.74) is 1.41. The second-order valence-electron chi connectivity index (χ2n) is 5.88. The van der Waals surface area contributed by atoms with Gasteiger partial charge >= 0.3 is 0 Å². The summed E-state index contributed by atoms with van der Waals surface area (Å²) in [6.45, 7) is 2.12. The number of H-pyrrole nitrogens is 1. The lowest BCUT2D eigenvalue weighted by Crippen LogP contribution is -2.01. The van der Waals surface area contributed by atoms with E-state index in [1.165, 1.54) is 0 Å². The van der Waals surface area contributed by atoms with Crippen molar-refractivity contribution in [1.29, 1.82) is 0 Å². The molecule has 0 saturated heterocycles. The van der Waals surface area contributed by atoms with Crippen molar-refractivity contribution in [3.63, 3.8) is 0 Å². The Balaban J connectivity index is 1.81. The number of rotatable bonds is 7. The molecule has 2 aromatic carbocycles. The Morgan fingerprint density at radius 2 is 1.93 bits per heavy atom. The van der Waals surface area contributed by atoms with Gasteiger partial charge in [0.05, 0.1) is 23.4 Å². The fourth-order valence-electron chi connectivity index (χ4n) is 2.53. The van der Waals surface area contributed by atoms with Gasteiger partial charge < -0.3 is 9.47 Å². The molecule has 0 radical (unpaired) electrons. The zero-order valence-corrected chi connectivity index (χ0v) is 18.7. The molecule has 0 atom stereocenters. The number of benzene rings is 2. The van der Waals surface area contributed by atoms with E-state index >= 15 is 0 Å². The van der Waals surface area contributed by atoms with Crippen LogP contribution in [0.4, 0.5) is 0 Å². The molecule has 3 rings (SSSR count). The van der Waals surface area contributed by atoms with Crippen molar-refractivity contribution in [2.75, 3.05) is 7.11 Å². The van der Waals surface area contributed by atoms with Crippen LogP contribution in [0, 0.1) is 4.77 Å². The molecule has 152 valence electrons. The molecule has 1 aromatic heterocycles. The highest BCUT2D eigenvalue weighted by Crippen LogP contribution is 2.34. The maximum Gasteiger partial charge on any atom is 0.216 e. The second kappa shape index (κ2) is 9.63. The highest BCUT2D eigenvalue weighted by molar-refractivity contribution is 7.71. The zero-order valence-electron chi connectivity index (χ0n) is 15.6. The molecule has 0 amide bonds. The van der Waals surface area contributed by atoms with Crippen LogP contribution in [0.1, 0.15) is 23.9 Å². The largest absolute Gasteiger partial charge is 0.493 e. The Bertz CT molecular complexity index is 1110. The van der Waals surface area contributed by atoms with Gasteiger partial charge in [-0.25, -0.2) is 0 Å². The minimum absolute atomic E-state index is 0.145. The molecule has 0 unspecified atom stereocenters. The molecule has 0 saturated carbocycles. The first-order chi connectivity index (χ1) is 13.9. The number of ether oxygens (including phenoxy) is 2. The Kier molecular flexibility index (Phi) is 7.18. The smallest absolute Gasteiger partial charge is 0.216 e. The second-order valence-corrected chi connectivity index (χ2v) is 7.45. The monoisotopic (exact) mass is 470 g/mol. The highest BCUT2D eigenvalue weighted by Gasteiger charge is 2.12. The Morgan fingerprint density at radius 3 is 2.66 bits per heavy atom. The van der Waals surface area contributed by atoms with Crippen LogP contribution in [0.3, 0.4) is 0 Å². The summed E-state index contributed by atoms with van der Waals surface area (Å²) < 4.78 is 13.3. The molecule has 0 aliphatic heterocycles. The summed E-state index contributed by atoms with van der Waals surface area (Å²) in [4.78, 5) is 0. The van der Waals surface area contributed by atoms with E-state index in [4.69, 9.17) is 56.5 Å². The van der Waals surface area contributed by atoms with Gasteiger partial charge in [-0.3, -0.25) is 5.10 Å². The minimum Gasteiger partial charge on any atom is -0.493 e. The molecule has 0 aliphatic rings. The maximum atomic E-state index is 6.23. The van der Waals surface area contributed by atoms with E-state index in [-0.39, 0.29) is 6.61 Å². The summed E-state index contributed by atoms with van der Waals surface area (Å²) in [6.07, 6.45) is 2.37. The number of hydrogen-bond acceptors (Lipinski definition) is 5. The number of hydrogen-bond donors (Lipinski definition) is 1. The van der Waals surface area contributed by atoms with Crippen molar-refractivity contribution < 1.29 is 9.47 Å². The van der Waals surface area contributed by atoms with Crippen LogP contribution in [-0.4, -0.2) is 28.2 Å². The highest BCUT2D eigenvalue weighted by atomic mass is 35.5. The zero-order chi connectivity index (χ0) is 21.0. The van der Waals surface area contributed by atoms with Crippen molar-refractivity contribution in [3.8, 4) is 11.5 Å². The molecule has 1 heterocycles. The summed E-state index contributed by atoms with van der Waals surface area (Å²) in [5, 5.41) is 12.5. The summed E-state index contributed by atoms with van der Waals surface area (Å²) >= 11 is 23.7. The lowest BCUT2D eigenvalue weighted by molar-refractivity contribution is 0.284. The Hall–Kier alpha value is -2.06. The molecule has 0 spiro atoms. The van der Waals surface area contributed by atoms with Gasteiger partial charge in [0.1, 0.15) is 6.61 Å². The van der Waals surface area contributed by atoms with E-state index in [1.807, 2.05) is 13.0 Å². The van der Waals surface area contributed by atoms with Crippen LogP contribution in [0.2, 0.25) is 15.1 Å². The predicted octanol–water partition coefficient (Wildman–Crippen LogP) is 5.93. The van der Waals surface area contributed by atoms with Crippen LogP contribution < -0.4 is 9.47 Å². The number of aryl methyl sites for hydroxylation is 1. The first kappa shape index (κ1) is 21.6. The predicted molar refractivity (Wildman–Crippen MR) is 119 cm³/mol.